The molecule has 1 aromatic heterocycles. The van der Waals surface area contributed by atoms with E-state index in [2.05, 4.69) is 41.8 Å². The van der Waals surface area contributed by atoms with Crippen LogP contribution < -0.4 is 5.73 Å². The summed E-state index contributed by atoms with van der Waals surface area (Å²) in [6, 6.07) is 0. The van der Waals surface area contributed by atoms with E-state index in [4.69, 9.17) is 5.73 Å². The van der Waals surface area contributed by atoms with E-state index in [0.29, 0.717) is 31.2 Å². The second kappa shape index (κ2) is 8.69. The topological polar surface area (TPSA) is 60.9 Å². The SMILES string of the molecule is CCc1nn(C)c(CC(=O)CCC(CCN)C(C)C)c1Br. The number of nitrogens with zero attached hydrogens (tertiary/aromatic N) is 2. The molecule has 1 unspecified atom stereocenters. The van der Waals surface area contributed by atoms with Crippen LogP contribution in [0.1, 0.15) is 51.4 Å². The first-order chi connectivity index (χ1) is 9.90. The standard InChI is InChI=1S/C16H28BrN3O/c1-5-14-16(17)15(20(4)19-14)10-13(21)7-6-12(8-9-18)11(2)3/h11-12H,5-10,18H2,1-4H3. The molecule has 0 fully saturated rings. The summed E-state index contributed by atoms with van der Waals surface area (Å²) in [6.45, 7) is 7.18. The Balaban J connectivity index is 2.60. The number of carbonyl (C=O) groups is 1. The Bertz CT molecular complexity index is 468. The van der Waals surface area contributed by atoms with Gasteiger partial charge < -0.3 is 5.73 Å². The molecule has 0 aliphatic carbocycles. The number of halogens is 1. The minimum Gasteiger partial charge on any atom is -0.330 e. The average Bonchev–Trinajstić information content (AvgIpc) is 2.70. The Morgan fingerprint density at radius 3 is 2.52 bits per heavy atom. The smallest absolute Gasteiger partial charge is 0.138 e. The lowest BCUT2D eigenvalue weighted by Gasteiger charge is -2.19. The first-order valence-electron chi connectivity index (χ1n) is 7.82. The fourth-order valence-electron chi connectivity index (χ4n) is 2.66. The largest absolute Gasteiger partial charge is 0.330 e. The summed E-state index contributed by atoms with van der Waals surface area (Å²) in [7, 11) is 1.90. The monoisotopic (exact) mass is 357 g/mol. The summed E-state index contributed by atoms with van der Waals surface area (Å²) < 4.78 is 2.81. The molecule has 0 aliphatic rings. The first kappa shape index (κ1) is 18.4. The van der Waals surface area contributed by atoms with Gasteiger partial charge in [-0.25, -0.2) is 0 Å². The summed E-state index contributed by atoms with van der Waals surface area (Å²) >= 11 is 3.57. The molecule has 0 aromatic carbocycles. The Hall–Kier alpha value is -0.680. The van der Waals surface area contributed by atoms with E-state index >= 15 is 0 Å². The van der Waals surface area contributed by atoms with E-state index in [1.54, 1.807) is 0 Å². The normalized spacial score (nSPS) is 12.9. The van der Waals surface area contributed by atoms with Gasteiger partial charge in [-0.3, -0.25) is 9.48 Å². The van der Waals surface area contributed by atoms with Crippen LogP contribution in [0.15, 0.2) is 4.47 Å². The zero-order valence-corrected chi connectivity index (χ0v) is 15.2. The highest BCUT2D eigenvalue weighted by atomic mass is 79.9. The lowest BCUT2D eigenvalue weighted by molar-refractivity contribution is -0.118. The molecule has 0 aliphatic heterocycles. The molecule has 0 saturated heterocycles. The van der Waals surface area contributed by atoms with Crippen LogP contribution in [0.2, 0.25) is 0 Å². The van der Waals surface area contributed by atoms with Gasteiger partial charge in [-0.1, -0.05) is 20.8 Å². The quantitative estimate of drug-likeness (QED) is 0.737. The van der Waals surface area contributed by atoms with Crippen molar-refractivity contribution < 1.29 is 4.79 Å². The predicted molar refractivity (Wildman–Crippen MR) is 90.2 cm³/mol. The molecule has 21 heavy (non-hydrogen) atoms. The van der Waals surface area contributed by atoms with Crippen molar-refractivity contribution in [2.45, 2.75) is 52.9 Å². The number of nitrogens with two attached hydrogens (primary N) is 1. The molecule has 1 atom stereocenters. The molecular formula is C16H28BrN3O. The second-order valence-corrected chi connectivity index (χ2v) is 6.81. The van der Waals surface area contributed by atoms with E-state index in [0.717, 1.165) is 35.1 Å². The highest BCUT2D eigenvalue weighted by Gasteiger charge is 2.18. The molecule has 0 spiro atoms. The van der Waals surface area contributed by atoms with Crippen molar-refractivity contribution in [3.8, 4) is 0 Å². The third-order valence-electron chi connectivity index (χ3n) is 4.14. The number of carbonyl (C=O) groups excluding carboxylic acids is 1. The summed E-state index contributed by atoms with van der Waals surface area (Å²) in [5.41, 5.74) is 7.65. The second-order valence-electron chi connectivity index (χ2n) is 6.02. The van der Waals surface area contributed by atoms with Gasteiger partial charge in [0.25, 0.3) is 0 Å². The number of rotatable bonds is 9. The maximum Gasteiger partial charge on any atom is 0.138 e. The molecule has 0 amide bonds. The molecule has 1 aromatic rings. The fraction of sp³-hybridized carbons (Fsp3) is 0.750. The van der Waals surface area contributed by atoms with Crippen LogP contribution in [0.3, 0.4) is 0 Å². The predicted octanol–water partition coefficient (Wildman–Crippen LogP) is 3.26. The zero-order chi connectivity index (χ0) is 16.0. The van der Waals surface area contributed by atoms with Crippen molar-refractivity contribution in [2.75, 3.05) is 6.54 Å². The molecule has 1 rings (SSSR count). The highest BCUT2D eigenvalue weighted by Crippen LogP contribution is 2.24. The lowest BCUT2D eigenvalue weighted by atomic mass is 9.87. The minimum atomic E-state index is 0.282. The highest BCUT2D eigenvalue weighted by molar-refractivity contribution is 9.10. The van der Waals surface area contributed by atoms with Crippen molar-refractivity contribution in [3.63, 3.8) is 0 Å². The van der Waals surface area contributed by atoms with Gasteiger partial charge in [-0.2, -0.15) is 5.10 Å². The molecule has 5 heteroatoms. The Kier molecular flexibility index (Phi) is 7.60. The molecule has 0 saturated carbocycles. The van der Waals surface area contributed by atoms with E-state index in [1.165, 1.54) is 0 Å². The van der Waals surface area contributed by atoms with Crippen LogP contribution in [0.25, 0.3) is 0 Å². The average molecular weight is 358 g/mol. The maximum absolute atomic E-state index is 12.3. The van der Waals surface area contributed by atoms with Gasteiger partial charge in [0.15, 0.2) is 0 Å². The molecule has 0 radical (unpaired) electrons. The maximum atomic E-state index is 12.3. The van der Waals surface area contributed by atoms with Crippen molar-refractivity contribution in [1.82, 2.24) is 9.78 Å². The number of aryl methyl sites for hydroxylation is 2. The number of hydrogen-bond donors (Lipinski definition) is 1. The van der Waals surface area contributed by atoms with Gasteiger partial charge in [0.1, 0.15) is 5.78 Å². The van der Waals surface area contributed by atoms with Crippen LogP contribution >= 0.6 is 15.9 Å². The van der Waals surface area contributed by atoms with Gasteiger partial charge >= 0.3 is 0 Å². The molecular weight excluding hydrogens is 330 g/mol. The van der Waals surface area contributed by atoms with Crippen molar-refractivity contribution in [2.24, 2.45) is 24.6 Å². The summed E-state index contributed by atoms with van der Waals surface area (Å²) in [5, 5.41) is 4.44. The minimum absolute atomic E-state index is 0.282. The van der Waals surface area contributed by atoms with E-state index in [-0.39, 0.29) is 5.78 Å². The molecule has 2 N–H and O–H groups in total. The van der Waals surface area contributed by atoms with Crippen LogP contribution in [0.5, 0.6) is 0 Å². The molecule has 1 heterocycles. The Morgan fingerprint density at radius 2 is 2.05 bits per heavy atom. The van der Waals surface area contributed by atoms with Gasteiger partial charge in [-0.05, 0) is 53.6 Å². The summed E-state index contributed by atoms with van der Waals surface area (Å²) in [4.78, 5) is 12.3. The molecule has 120 valence electrons. The van der Waals surface area contributed by atoms with Crippen LogP contribution in [0.4, 0.5) is 0 Å². The van der Waals surface area contributed by atoms with Crippen LogP contribution in [-0.2, 0) is 24.7 Å². The summed E-state index contributed by atoms with van der Waals surface area (Å²) in [6.07, 6.45) is 3.89. The third-order valence-corrected chi connectivity index (χ3v) is 5.06. The van der Waals surface area contributed by atoms with Crippen molar-refractivity contribution in [3.05, 3.63) is 15.9 Å². The van der Waals surface area contributed by atoms with Crippen molar-refractivity contribution in [1.29, 1.82) is 0 Å². The number of ketones is 1. The van der Waals surface area contributed by atoms with Crippen LogP contribution in [-0.4, -0.2) is 22.1 Å². The van der Waals surface area contributed by atoms with E-state index in [9.17, 15) is 4.79 Å². The number of aromatic nitrogens is 2. The molecule has 4 nitrogen and oxygen atoms in total. The van der Waals surface area contributed by atoms with E-state index < -0.39 is 0 Å². The first-order valence-corrected chi connectivity index (χ1v) is 8.61. The van der Waals surface area contributed by atoms with Gasteiger partial charge in [0.05, 0.1) is 15.9 Å². The zero-order valence-electron chi connectivity index (χ0n) is 13.7. The van der Waals surface area contributed by atoms with Crippen LogP contribution in [0, 0.1) is 11.8 Å². The van der Waals surface area contributed by atoms with Gasteiger partial charge in [-0.15, -0.1) is 0 Å². The lowest BCUT2D eigenvalue weighted by Crippen LogP contribution is -2.16. The molecule has 0 bridgehead atoms. The van der Waals surface area contributed by atoms with Gasteiger partial charge in [0.2, 0.25) is 0 Å². The Labute approximate surface area is 136 Å². The number of hydrogen-bond acceptors (Lipinski definition) is 3. The Morgan fingerprint density at radius 1 is 1.38 bits per heavy atom. The third kappa shape index (κ3) is 5.22. The number of Topliss-reactive ketones (excluding diaryl/α,β-unsaturated/α-hetero) is 1. The fourth-order valence-corrected chi connectivity index (χ4v) is 3.41. The van der Waals surface area contributed by atoms with E-state index in [1.807, 2.05) is 11.7 Å². The summed E-state index contributed by atoms with van der Waals surface area (Å²) in [5.74, 6) is 1.40. The van der Waals surface area contributed by atoms with Crippen molar-refractivity contribution >= 4 is 21.7 Å². The van der Waals surface area contributed by atoms with Gasteiger partial charge in [0, 0.05) is 19.9 Å².